The van der Waals surface area contributed by atoms with Crippen LogP contribution in [0.3, 0.4) is 0 Å². The molecule has 0 aliphatic heterocycles. The second-order valence-electron chi connectivity index (χ2n) is 6.86. The third-order valence-electron chi connectivity index (χ3n) is 4.84. The zero-order valence-electron chi connectivity index (χ0n) is 16.4. The van der Waals surface area contributed by atoms with Crippen LogP contribution < -0.4 is 10.9 Å². The fraction of sp³-hybridized carbons (Fsp3) is 0.0476. The topological polar surface area (TPSA) is 151 Å². The minimum atomic E-state index is -0.815. The largest absolute Gasteiger partial charge is 0.502 e. The van der Waals surface area contributed by atoms with E-state index in [0.29, 0.717) is 16.2 Å². The standard InChI is InChI=1S/C21H14ClN5O5/c1-10-7-16(22)25-14-6-5-12-18(17(10)14)23-9-13(20(12)29)21(30)26-24-8-11-3-2-4-15(19(11)28)27(31)32/h2-9,25,28H,1H3,(H,26,30). The zero-order valence-corrected chi connectivity index (χ0v) is 17.2. The number of aryl methyl sites for hydroxylation is 1. The molecule has 160 valence electrons. The molecule has 4 rings (SSSR count). The molecule has 0 radical (unpaired) electrons. The highest BCUT2D eigenvalue weighted by Gasteiger charge is 2.17. The lowest BCUT2D eigenvalue weighted by Crippen LogP contribution is -2.25. The Hall–Kier alpha value is -4.31. The van der Waals surface area contributed by atoms with Crippen molar-refractivity contribution in [3.8, 4) is 5.75 Å². The number of hydrogen-bond acceptors (Lipinski definition) is 7. The molecule has 2 heterocycles. The fourth-order valence-corrected chi connectivity index (χ4v) is 3.62. The first kappa shape index (κ1) is 20.9. The number of fused-ring (bicyclic) bond motifs is 3. The molecule has 10 nitrogen and oxygen atoms in total. The highest BCUT2D eigenvalue weighted by Crippen LogP contribution is 2.28. The molecule has 3 N–H and O–H groups in total. The first-order chi connectivity index (χ1) is 15.3. The predicted octanol–water partition coefficient (Wildman–Crippen LogP) is 3.42. The molecule has 2 aromatic carbocycles. The zero-order chi connectivity index (χ0) is 23.0. The van der Waals surface area contributed by atoms with Crippen LogP contribution in [0.5, 0.6) is 5.75 Å². The highest BCUT2D eigenvalue weighted by molar-refractivity contribution is 6.30. The van der Waals surface area contributed by atoms with Crippen LogP contribution in [0, 0.1) is 17.0 Å². The normalized spacial score (nSPS) is 11.3. The van der Waals surface area contributed by atoms with E-state index in [9.17, 15) is 24.8 Å². The van der Waals surface area contributed by atoms with E-state index in [0.717, 1.165) is 29.4 Å². The van der Waals surface area contributed by atoms with E-state index >= 15 is 0 Å². The van der Waals surface area contributed by atoms with Gasteiger partial charge in [-0.3, -0.25) is 24.7 Å². The first-order valence-electron chi connectivity index (χ1n) is 9.18. The van der Waals surface area contributed by atoms with Crippen LogP contribution in [0.1, 0.15) is 21.5 Å². The van der Waals surface area contributed by atoms with Crippen molar-refractivity contribution >= 4 is 51.2 Å². The lowest BCUT2D eigenvalue weighted by atomic mass is 10.0. The number of pyridine rings is 2. The Morgan fingerprint density at radius 1 is 1.34 bits per heavy atom. The average molecular weight is 452 g/mol. The minimum Gasteiger partial charge on any atom is -0.502 e. The van der Waals surface area contributed by atoms with E-state index in [1.54, 1.807) is 18.2 Å². The van der Waals surface area contributed by atoms with Crippen LogP contribution in [-0.2, 0) is 0 Å². The van der Waals surface area contributed by atoms with Crippen molar-refractivity contribution in [3.63, 3.8) is 0 Å². The summed E-state index contributed by atoms with van der Waals surface area (Å²) in [6, 6.07) is 8.83. The molecule has 2 aromatic heterocycles. The van der Waals surface area contributed by atoms with Crippen molar-refractivity contribution < 1.29 is 14.8 Å². The molecule has 4 aromatic rings. The number of halogens is 1. The van der Waals surface area contributed by atoms with E-state index in [1.807, 2.05) is 6.92 Å². The van der Waals surface area contributed by atoms with Crippen molar-refractivity contribution in [1.82, 2.24) is 15.4 Å². The van der Waals surface area contributed by atoms with Crippen LogP contribution >= 0.6 is 11.6 Å². The number of rotatable bonds is 4. The first-order valence-corrected chi connectivity index (χ1v) is 9.56. The Bertz CT molecular complexity index is 1510. The molecule has 0 saturated heterocycles. The second-order valence-corrected chi connectivity index (χ2v) is 7.26. The summed E-state index contributed by atoms with van der Waals surface area (Å²) >= 11 is 6.05. The molecule has 0 atom stereocenters. The van der Waals surface area contributed by atoms with Gasteiger partial charge in [0.2, 0.25) is 11.2 Å². The Labute approximate surface area is 184 Å². The number of hydrazone groups is 1. The van der Waals surface area contributed by atoms with Gasteiger partial charge in [0.25, 0.3) is 5.91 Å². The number of aromatic nitrogens is 2. The van der Waals surface area contributed by atoms with Crippen LogP contribution in [0.25, 0.3) is 21.8 Å². The van der Waals surface area contributed by atoms with Crippen molar-refractivity contribution in [3.05, 3.63) is 84.8 Å². The van der Waals surface area contributed by atoms with Gasteiger partial charge in [-0.2, -0.15) is 5.10 Å². The third kappa shape index (κ3) is 3.63. The number of nitro benzene ring substituents is 1. The van der Waals surface area contributed by atoms with E-state index in [1.165, 1.54) is 12.1 Å². The lowest BCUT2D eigenvalue weighted by Gasteiger charge is -2.08. The lowest BCUT2D eigenvalue weighted by molar-refractivity contribution is -0.385. The number of amides is 1. The number of benzene rings is 2. The maximum absolute atomic E-state index is 12.9. The van der Waals surface area contributed by atoms with Crippen molar-refractivity contribution in [2.75, 3.05) is 0 Å². The molecular weight excluding hydrogens is 438 g/mol. The molecule has 0 fully saturated rings. The van der Waals surface area contributed by atoms with Crippen LogP contribution in [0.2, 0.25) is 5.15 Å². The summed E-state index contributed by atoms with van der Waals surface area (Å²) in [5.41, 5.74) is 2.89. The molecule has 0 saturated carbocycles. The van der Waals surface area contributed by atoms with Crippen molar-refractivity contribution in [2.45, 2.75) is 6.92 Å². The van der Waals surface area contributed by atoms with Gasteiger partial charge in [-0.1, -0.05) is 17.7 Å². The van der Waals surface area contributed by atoms with Gasteiger partial charge in [0.15, 0.2) is 0 Å². The summed E-state index contributed by atoms with van der Waals surface area (Å²) in [7, 11) is 0. The predicted molar refractivity (Wildman–Crippen MR) is 119 cm³/mol. The number of phenols is 1. The molecule has 1 amide bonds. The van der Waals surface area contributed by atoms with Gasteiger partial charge in [0.1, 0.15) is 10.7 Å². The van der Waals surface area contributed by atoms with E-state index in [2.05, 4.69) is 20.5 Å². The molecule has 32 heavy (non-hydrogen) atoms. The number of nitrogens with one attached hydrogen (secondary N) is 2. The summed E-state index contributed by atoms with van der Waals surface area (Å²) in [5, 5.41) is 25.9. The van der Waals surface area contributed by atoms with Crippen LogP contribution in [0.15, 0.2) is 52.5 Å². The molecule has 0 aliphatic carbocycles. The molecule has 11 heteroatoms. The number of hydrogen-bond donors (Lipinski definition) is 3. The number of H-pyrrole nitrogens is 1. The number of nitro groups is 1. The number of nitrogens with zero attached hydrogens (tertiary/aromatic N) is 3. The van der Waals surface area contributed by atoms with Crippen LogP contribution in [0.4, 0.5) is 5.69 Å². The molecular formula is C21H14ClN5O5. The monoisotopic (exact) mass is 451 g/mol. The van der Waals surface area contributed by atoms with E-state index in [4.69, 9.17) is 11.6 Å². The van der Waals surface area contributed by atoms with Gasteiger partial charge >= 0.3 is 5.69 Å². The van der Waals surface area contributed by atoms with Crippen LogP contribution in [-0.4, -0.2) is 32.1 Å². The van der Waals surface area contributed by atoms with Gasteiger partial charge in [-0.05, 0) is 36.8 Å². The minimum absolute atomic E-state index is 0.0235. The Kier molecular flexibility index (Phi) is 5.29. The average Bonchev–Trinajstić information content (AvgIpc) is 2.74. The summed E-state index contributed by atoms with van der Waals surface area (Å²) < 4.78 is 0. The molecule has 0 spiro atoms. The molecule has 0 aliphatic rings. The summed E-state index contributed by atoms with van der Waals surface area (Å²) in [6.45, 7) is 1.84. The van der Waals surface area contributed by atoms with Gasteiger partial charge < -0.3 is 10.1 Å². The van der Waals surface area contributed by atoms with Gasteiger partial charge in [0, 0.05) is 34.1 Å². The summed E-state index contributed by atoms with van der Waals surface area (Å²) in [6.07, 6.45) is 2.20. The van der Waals surface area contributed by atoms with E-state index in [-0.39, 0.29) is 16.5 Å². The number of carbonyl (C=O) groups is 1. The smallest absolute Gasteiger partial charge is 0.311 e. The molecule has 0 unspecified atom stereocenters. The van der Waals surface area contributed by atoms with Crippen molar-refractivity contribution in [1.29, 1.82) is 0 Å². The third-order valence-corrected chi connectivity index (χ3v) is 5.04. The second kappa shape index (κ2) is 8.08. The Morgan fingerprint density at radius 3 is 2.88 bits per heavy atom. The number of phenolic OH excluding ortho intramolecular Hbond substituents is 1. The fourth-order valence-electron chi connectivity index (χ4n) is 3.35. The number of carbonyl (C=O) groups excluding carboxylic acids is 1. The Balaban J connectivity index is 1.66. The maximum Gasteiger partial charge on any atom is 0.311 e. The Morgan fingerprint density at radius 2 is 2.12 bits per heavy atom. The van der Waals surface area contributed by atoms with E-state index < -0.39 is 27.7 Å². The quantitative estimate of drug-likeness (QED) is 0.142. The summed E-state index contributed by atoms with van der Waals surface area (Å²) in [5.74, 6) is -1.41. The molecule has 0 bridgehead atoms. The maximum atomic E-state index is 12.9. The van der Waals surface area contributed by atoms with Gasteiger partial charge in [-0.25, -0.2) is 5.43 Å². The van der Waals surface area contributed by atoms with Gasteiger partial charge in [0.05, 0.1) is 16.7 Å². The van der Waals surface area contributed by atoms with Crippen molar-refractivity contribution in [2.24, 2.45) is 5.10 Å². The number of para-hydroxylation sites is 1. The SMILES string of the molecule is Cc1cc(Cl)[nH]c2ccc3c(=O)c(C(=O)NN=Cc4cccc([N+](=O)[O-])c4O)cnc3c12. The highest BCUT2D eigenvalue weighted by atomic mass is 35.5. The number of aromatic amines is 1. The number of aromatic hydroxyl groups is 1. The van der Waals surface area contributed by atoms with Gasteiger partial charge in [-0.15, -0.1) is 0 Å². The summed E-state index contributed by atoms with van der Waals surface area (Å²) in [4.78, 5) is 42.8.